The average molecular weight is 384 g/mol. The van der Waals surface area contributed by atoms with E-state index in [1.807, 2.05) is 5.32 Å². The summed E-state index contributed by atoms with van der Waals surface area (Å²) in [6.07, 6.45) is 2.33. The molecule has 0 fully saturated rings. The monoisotopic (exact) mass is 384 g/mol. The maximum atomic E-state index is 11.8. The van der Waals surface area contributed by atoms with Crippen LogP contribution in [0.5, 0.6) is 0 Å². The summed E-state index contributed by atoms with van der Waals surface area (Å²) in [7, 11) is 0. The van der Waals surface area contributed by atoms with Crippen molar-refractivity contribution in [2.45, 2.75) is 24.9 Å². The molecule has 0 aromatic carbocycles. The van der Waals surface area contributed by atoms with E-state index >= 15 is 0 Å². The molecule has 2 unspecified atom stereocenters. The quantitative estimate of drug-likeness (QED) is 0.201. The Morgan fingerprint density at radius 1 is 1.11 bits per heavy atom. The normalized spacial score (nSPS) is 12.5. The molecule has 0 saturated heterocycles. The fraction of sp³-hybridized carbons (Fsp3) is 0.429. The van der Waals surface area contributed by atoms with Gasteiger partial charge in [0.05, 0.1) is 31.9 Å². The van der Waals surface area contributed by atoms with E-state index in [2.05, 4.69) is 20.6 Å². The number of aliphatic carboxylic acids is 2. The Bertz CT molecular complexity index is 690. The van der Waals surface area contributed by atoms with Gasteiger partial charge in [-0.2, -0.15) is 0 Å². The highest BCUT2D eigenvalue weighted by Crippen LogP contribution is 1.96. The van der Waals surface area contributed by atoms with Crippen LogP contribution in [-0.2, 0) is 30.4 Å². The number of nitrogens with zero attached hydrogens (tertiary/aromatic N) is 1. The summed E-state index contributed by atoms with van der Waals surface area (Å²) < 4.78 is 0. The molecule has 0 aliphatic carbocycles. The number of H-pyrrole nitrogens is 1. The number of carbonyl (C=O) groups excluding carboxylic acids is 3. The predicted octanol–water partition coefficient (Wildman–Crippen LogP) is -3.44. The van der Waals surface area contributed by atoms with Crippen LogP contribution in [0.25, 0.3) is 0 Å². The van der Waals surface area contributed by atoms with Gasteiger partial charge in [-0.15, -0.1) is 0 Å². The van der Waals surface area contributed by atoms with Crippen LogP contribution >= 0.6 is 0 Å². The van der Waals surface area contributed by atoms with Crippen LogP contribution in [0, 0.1) is 0 Å². The van der Waals surface area contributed by atoms with Gasteiger partial charge in [-0.05, 0) is 0 Å². The highest BCUT2D eigenvalue weighted by Gasteiger charge is 2.23. The van der Waals surface area contributed by atoms with Gasteiger partial charge in [0.1, 0.15) is 6.04 Å². The third-order valence-electron chi connectivity index (χ3n) is 3.21. The van der Waals surface area contributed by atoms with Crippen molar-refractivity contribution in [3.63, 3.8) is 0 Å². The molecule has 0 saturated carbocycles. The summed E-state index contributed by atoms with van der Waals surface area (Å²) in [5, 5.41) is 23.8. The van der Waals surface area contributed by atoms with Crippen molar-refractivity contribution < 1.29 is 34.2 Å². The number of aromatic amines is 1. The number of imidazole rings is 1. The summed E-state index contributed by atoms with van der Waals surface area (Å²) in [4.78, 5) is 62.9. The molecule has 1 rings (SSSR count). The second kappa shape index (κ2) is 10.5. The highest BCUT2D eigenvalue weighted by atomic mass is 16.4. The van der Waals surface area contributed by atoms with Crippen molar-refractivity contribution in [1.29, 1.82) is 0 Å². The fourth-order valence-electron chi connectivity index (χ4n) is 1.89. The van der Waals surface area contributed by atoms with E-state index in [0.717, 1.165) is 0 Å². The van der Waals surface area contributed by atoms with Gasteiger partial charge in [-0.25, -0.2) is 9.78 Å². The largest absolute Gasteiger partial charge is 0.481 e. The molecule has 1 aromatic rings. The molecule has 1 aromatic heterocycles. The maximum absolute atomic E-state index is 11.8. The summed E-state index contributed by atoms with van der Waals surface area (Å²) in [5.41, 5.74) is 6.33. The zero-order valence-electron chi connectivity index (χ0n) is 14.1. The number of carbonyl (C=O) groups is 5. The molecule has 2 atom stereocenters. The summed E-state index contributed by atoms with van der Waals surface area (Å²) in [5.74, 6) is -5.11. The van der Waals surface area contributed by atoms with E-state index in [4.69, 9.17) is 15.9 Å². The lowest BCUT2D eigenvalue weighted by molar-refractivity contribution is -0.147. The molecular weight excluding hydrogens is 364 g/mol. The Kier molecular flexibility index (Phi) is 8.38. The number of hydrogen-bond acceptors (Lipinski definition) is 7. The van der Waals surface area contributed by atoms with E-state index in [1.54, 1.807) is 0 Å². The molecule has 8 N–H and O–H groups in total. The van der Waals surface area contributed by atoms with Crippen LogP contribution in [-0.4, -0.2) is 75.0 Å². The zero-order chi connectivity index (χ0) is 20.4. The molecule has 0 aliphatic rings. The smallest absolute Gasteiger partial charge is 0.326 e. The molecule has 13 heteroatoms. The van der Waals surface area contributed by atoms with Crippen molar-refractivity contribution in [1.82, 2.24) is 25.9 Å². The molecule has 0 aliphatic heterocycles. The first kappa shape index (κ1) is 21.6. The maximum Gasteiger partial charge on any atom is 0.326 e. The molecule has 148 valence electrons. The number of rotatable bonds is 11. The van der Waals surface area contributed by atoms with Gasteiger partial charge in [-0.1, -0.05) is 0 Å². The molecule has 1 heterocycles. The Morgan fingerprint density at radius 2 is 1.78 bits per heavy atom. The van der Waals surface area contributed by atoms with Crippen molar-refractivity contribution in [3.8, 4) is 0 Å². The minimum Gasteiger partial charge on any atom is -0.481 e. The van der Waals surface area contributed by atoms with Crippen LogP contribution in [0.1, 0.15) is 12.1 Å². The SMILES string of the molecule is NC(Cc1cnc[nH]1)C(=O)NCC(=O)NCC(=O)NC(CC(=O)O)C(=O)O. The number of carboxylic acids is 2. The number of aromatic nitrogens is 2. The fourth-order valence-corrected chi connectivity index (χ4v) is 1.89. The summed E-state index contributed by atoms with van der Waals surface area (Å²) >= 11 is 0. The van der Waals surface area contributed by atoms with Crippen LogP contribution in [0.15, 0.2) is 12.5 Å². The molecule has 0 radical (unpaired) electrons. The minimum absolute atomic E-state index is 0.190. The number of hydrogen-bond donors (Lipinski definition) is 7. The summed E-state index contributed by atoms with van der Waals surface area (Å²) in [6, 6.07) is -2.53. The van der Waals surface area contributed by atoms with Crippen molar-refractivity contribution in [3.05, 3.63) is 18.2 Å². The lowest BCUT2D eigenvalue weighted by atomic mass is 10.1. The van der Waals surface area contributed by atoms with E-state index in [9.17, 15) is 24.0 Å². The van der Waals surface area contributed by atoms with E-state index in [1.165, 1.54) is 12.5 Å². The predicted molar refractivity (Wildman–Crippen MR) is 88.1 cm³/mol. The van der Waals surface area contributed by atoms with Crippen LogP contribution in [0.3, 0.4) is 0 Å². The Hall–Kier alpha value is -3.48. The lowest BCUT2D eigenvalue weighted by Gasteiger charge is -2.13. The first-order valence-electron chi connectivity index (χ1n) is 7.70. The molecule has 13 nitrogen and oxygen atoms in total. The van der Waals surface area contributed by atoms with Gasteiger partial charge in [0.2, 0.25) is 17.7 Å². The van der Waals surface area contributed by atoms with Gasteiger partial charge >= 0.3 is 11.9 Å². The third-order valence-corrected chi connectivity index (χ3v) is 3.21. The van der Waals surface area contributed by atoms with Gasteiger partial charge in [-0.3, -0.25) is 19.2 Å². The topological polar surface area (TPSA) is 217 Å². The number of nitrogens with two attached hydrogens (primary N) is 1. The molecular formula is C14H20N6O7. The van der Waals surface area contributed by atoms with Gasteiger partial charge in [0.15, 0.2) is 0 Å². The van der Waals surface area contributed by atoms with E-state index < -0.39 is 61.3 Å². The minimum atomic E-state index is -1.62. The Morgan fingerprint density at radius 3 is 2.33 bits per heavy atom. The van der Waals surface area contributed by atoms with Crippen molar-refractivity contribution >= 4 is 29.7 Å². The van der Waals surface area contributed by atoms with Crippen LogP contribution in [0.4, 0.5) is 0 Å². The van der Waals surface area contributed by atoms with Gasteiger partial charge < -0.3 is 36.9 Å². The van der Waals surface area contributed by atoms with Gasteiger partial charge in [0.25, 0.3) is 0 Å². The van der Waals surface area contributed by atoms with Gasteiger partial charge in [0, 0.05) is 18.3 Å². The number of nitrogens with one attached hydrogen (secondary N) is 4. The van der Waals surface area contributed by atoms with Crippen LogP contribution in [0.2, 0.25) is 0 Å². The van der Waals surface area contributed by atoms with E-state index in [-0.39, 0.29) is 6.42 Å². The van der Waals surface area contributed by atoms with Crippen molar-refractivity contribution in [2.75, 3.05) is 13.1 Å². The zero-order valence-corrected chi connectivity index (χ0v) is 14.1. The van der Waals surface area contributed by atoms with Crippen molar-refractivity contribution in [2.24, 2.45) is 5.73 Å². The Labute approximate surface area is 152 Å². The lowest BCUT2D eigenvalue weighted by Crippen LogP contribution is -2.49. The first-order chi connectivity index (χ1) is 12.7. The molecule has 3 amide bonds. The summed E-state index contributed by atoms with van der Waals surface area (Å²) in [6.45, 7) is -1.03. The van der Waals surface area contributed by atoms with E-state index in [0.29, 0.717) is 5.69 Å². The highest BCUT2D eigenvalue weighted by molar-refractivity contribution is 5.91. The standard InChI is InChI=1S/C14H20N6O7/c15-8(1-7-3-16-6-19-7)13(25)18-4-10(21)17-5-11(22)20-9(14(26)27)2-12(23)24/h3,6,8-9H,1-2,4-5,15H2,(H,16,19)(H,17,21)(H,18,25)(H,20,22)(H,23,24)(H,26,27). The molecule has 27 heavy (non-hydrogen) atoms. The average Bonchev–Trinajstić information content (AvgIpc) is 3.09. The molecule has 0 bridgehead atoms. The van der Waals surface area contributed by atoms with Crippen LogP contribution < -0.4 is 21.7 Å². The molecule has 0 spiro atoms. The first-order valence-corrected chi connectivity index (χ1v) is 7.70. The third kappa shape index (κ3) is 8.44. The number of amides is 3. The second-order valence-corrected chi connectivity index (χ2v) is 5.44. The Balaban J connectivity index is 2.31. The number of carboxylic acid groups (broad SMARTS) is 2. The second-order valence-electron chi connectivity index (χ2n) is 5.44.